The van der Waals surface area contributed by atoms with Crippen LogP contribution in [0.2, 0.25) is 0 Å². The van der Waals surface area contributed by atoms with Gasteiger partial charge in [-0.2, -0.15) is 5.10 Å². The molecule has 0 saturated heterocycles. The standard InChI is InChI=1S/C16H10N6O5S/c23-15-14(21(20-27-15)10-4-2-1-3-5-10)12-9-28-16(18-12)19-17-8-11-6-7-13(26-11)22(24)25/h1-9H,(H-,18,19,20,23)/b17-8+. The van der Waals surface area contributed by atoms with Gasteiger partial charge in [0, 0.05) is 17.5 Å². The highest BCUT2D eigenvalue weighted by Gasteiger charge is 2.24. The Kier molecular flexibility index (Phi) is 4.51. The van der Waals surface area contributed by atoms with Gasteiger partial charge in [-0.05, 0) is 10.7 Å². The molecule has 0 aliphatic carbocycles. The van der Waals surface area contributed by atoms with Crippen LogP contribution in [0.4, 0.5) is 11.0 Å². The zero-order valence-electron chi connectivity index (χ0n) is 13.9. The van der Waals surface area contributed by atoms with Crippen molar-refractivity contribution in [2.45, 2.75) is 0 Å². The molecular formula is C16H10N6O5S. The summed E-state index contributed by atoms with van der Waals surface area (Å²) in [6, 6.07) is 11.7. The highest BCUT2D eigenvalue weighted by Crippen LogP contribution is 2.28. The first-order valence-corrected chi connectivity index (χ1v) is 8.63. The maximum Gasteiger partial charge on any atom is 0.433 e. The second kappa shape index (κ2) is 7.28. The topological polar surface area (TPSA) is 147 Å². The molecule has 0 saturated carbocycles. The molecule has 3 heterocycles. The zero-order chi connectivity index (χ0) is 19.5. The summed E-state index contributed by atoms with van der Waals surface area (Å²) in [6.07, 6.45) is 1.27. The highest BCUT2D eigenvalue weighted by molar-refractivity contribution is 7.14. The van der Waals surface area contributed by atoms with Crippen molar-refractivity contribution in [1.82, 2.24) is 10.3 Å². The minimum Gasteiger partial charge on any atom is -0.539 e. The molecule has 1 N–H and O–H groups in total. The number of nitrogens with one attached hydrogen (secondary N) is 1. The van der Waals surface area contributed by atoms with Crippen molar-refractivity contribution in [2.75, 3.05) is 5.43 Å². The summed E-state index contributed by atoms with van der Waals surface area (Å²) in [5.41, 5.74) is 3.88. The van der Waals surface area contributed by atoms with E-state index in [1.165, 1.54) is 34.4 Å². The molecule has 140 valence electrons. The van der Waals surface area contributed by atoms with Crippen LogP contribution >= 0.6 is 11.3 Å². The van der Waals surface area contributed by atoms with Crippen molar-refractivity contribution in [3.63, 3.8) is 0 Å². The van der Waals surface area contributed by atoms with Crippen LogP contribution in [0.1, 0.15) is 5.76 Å². The molecule has 0 atom stereocenters. The minimum absolute atomic E-state index is 0.182. The van der Waals surface area contributed by atoms with E-state index in [4.69, 9.17) is 8.94 Å². The lowest BCUT2D eigenvalue weighted by molar-refractivity contribution is -0.660. The summed E-state index contributed by atoms with van der Waals surface area (Å²) in [6.45, 7) is 0. The Hall–Kier alpha value is -4.06. The average molecular weight is 398 g/mol. The summed E-state index contributed by atoms with van der Waals surface area (Å²) >= 11 is 1.21. The lowest BCUT2D eigenvalue weighted by Gasteiger charge is -1.95. The Labute approximate surface area is 160 Å². The molecule has 12 heteroatoms. The lowest BCUT2D eigenvalue weighted by Crippen LogP contribution is -2.34. The second-order valence-electron chi connectivity index (χ2n) is 5.30. The first-order chi connectivity index (χ1) is 13.6. The zero-order valence-corrected chi connectivity index (χ0v) is 14.7. The number of nitro groups is 1. The van der Waals surface area contributed by atoms with Gasteiger partial charge in [0.05, 0.1) is 17.6 Å². The van der Waals surface area contributed by atoms with Gasteiger partial charge < -0.3 is 14.0 Å². The quantitative estimate of drug-likeness (QED) is 0.225. The van der Waals surface area contributed by atoms with Crippen LogP contribution in [0, 0.1) is 10.1 Å². The molecule has 0 amide bonds. The van der Waals surface area contributed by atoms with Crippen LogP contribution in [0.25, 0.3) is 17.1 Å². The van der Waals surface area contributed by atoms with Crippen LogP contribution in [0.3, 0.4) is 0 Å². The summed E-state index contributed by atoms with van der Waals surface area (Å²) in [4.78, 5) is 14.2. The van der Waals surface area contributed by atoms with E-state index in [0.717, 1.165) is 0 Å². The van der Waals surface area contributed by atoms with Gasteiger partial charge >= 0.3 is 5.88 Å². The fourth-order valence-corrected chi connectivity index (χ4v) is 2.95. The van der Waals surface area contributed by atoms with Gasteiger partial charge in [0.25, 0.3) is 5.69 Å². The number of hydrogen-bond donors (Lipinski definition) is 1. The largest absolute Gasteiger partial charge is 0.539 e. The van der Waals surface area contributed by atoms with Crippen LogP contribution in [-0.4, -0.2) is 21.4 Å². The molecule has 0 spiro atoms. The van der Waals surface area contributed by atoms with Gasteiger partial charge in [0.1, 0.15) is 4.92 Å². The van der Waals surface area contributed by atoms with Crippen molar-refractivity contribution in [3.8, 4) is 23.0 Å². The maximum absolute atomic E-state index is 12.1. The molecule has 1 aromatic carbocycles. The van der Waals surface area contributed by atoms with Crippen LogP contribution in [0.5, 0.6) is 5.95 Å². The molecule has 3 aromatic heterocycles. The van der Waals surface area contributed by atoms with Crippen molar-refractivity contribution in [1.29, 1.82) is 0 Å². The first-order valence-electron chi connectivity index (χ1n) is 7.75. The Morgan fingerprint density at radius 1 is 1.25 bits per heavy atom. The smallest absolute Gasteiger partial charge is 0.433 e. The Morgan fingerprint density at radius 3 is 2.82 bits per heavy atom. The molecule has 0 aliphatic rings. The van der Waals surface area contributed by atoms with Crippen LogP contribution < -0.4 is 15.2 Å². The number of aromatic nitrogens is 3. The number of anilines is 1. The number of thiazole rings is 1. The molecule has 0 unspecified atom stereocenters. The predicted octanol–water partition coefficient (Wildman–Crippen LogP) is 2.10. The monoisotopic (exact) mass is 398 g/mol. The summed E-state index contributed by atoms with van der Waals surface area (Å²) in [7, 11) is 0. The van der Waals surface area contributed by atoms with E-state index in [0.29, 0.717) is 16.5 Å². The van der Waals surface area contributed by atoms with Gasteiger partial charge in [0.2, 0.25) is 10.8 Å². The minimum atomic E-state index is -0.640. The molecule has 0 bridgehead atoms. The number of furan rings is 1. The van der Waals surface area contributed by atoms with Crippen molar-refractivity contribution in [3.05, 3.63) is 63.7 Å². The third-order valence-electron chi connectivity index (χ3n) is 3.50. The van der Waals surface area contributed by atoms with Crippen molar-refractivity contribution < 1.29 is 23.7 Å². The molecule has 0 fully saturated rings. The molecular weight excluding hydrogens is 388 g/mol. The Bertz CT molecular complexity index is 1150. The summed E-state index contributed by atoms with van der Waals surface area (Å²) in [5, 5.41) is 32.4. The fraction of sp³-hybridized carbons (Fsp3) is 0. The molecule has 4 aromatic rings. The Morgan fingerprint density at radius 2 is 2.07 bits per heavy atom. The molecule has 0 radical (unpaired) electrons. The van der Waals surface area contributed by atoms with E-state index < -0.39 is 10.9 Å². The van der Waals surface area contributed by atoms with Crippen LogP contribution in [-0.2, 0) is 0 Å². The fourth-order valence-electron chi connectivity index (χ4n) is 2.30. The normalized spacial score (nSPS) is 11.1. The van der Waals surface area contributed by atoms with Crippen molar-refractivity contribution in [2.24, 2.45) is 5.10 Å². The second-order valence-corrected chi connectivity index (χ2v) is 6.16. The first kappa shape index (κ1) is 17.4. The van der Waals surface area contributed by atoms with Gasteiger partial charge in [-0.3, -0.25) is 15.5 Å². The molecule has 4 rings (SSSR count). The predicted molar refractivity (Wildman–Crippen MR) is 95.2 cm³/mol. The van der Waals surface area contributed by atoms with Gasteiger partial charge in [-0.15, -0.1) is 11.3 Å². The number of hydrazone groups is 1. The number of nitrogens with zero attached hydrogens (tertiary/aromatic N) is 5. The molecule has 11 nitrogen and oxygen atoms in total. The number of para-hydroxylation sites is 1. The van der Waals surface area contributed by atoms with Gasteiger partial charge in [0.15, 0.2) is 17.4 Å². The number of benzene rings is 1. The van der Waals surface area contributed by atoms with Gasteiger partial charge in [-0.1, -0.05) is 18.2 Å². The van der Waals surface area contributed by atoms with E-state index in [-0.39, 0.29) is 17.3 Å². The molecule has 0 aliphatic heterocycles. The average Bonchev–Trinajstić information content (AvgIpc) is 3.42. The molecule has 28 heavy (non-hydrogen) atoms. The third kappa shape index (κ3) is 3.43. The third-order valence-corrected chi connectivity index (χ3v) is 4.25. The Balaban J connectivity index is 1.53. The van der Waals surface area contributed by atoms with Crippen molar-refractivity contribution >= 4 is 28.6 Å². The van der Waals surface area contributed by atoms with E-state index >= 15 is 0 Å². The SMILES string of the molecule is O=[N+]([O-])c1ccc(/C=N/Nc2nc(-c3c([O-])on[n+]3-c3ccccc3)cs2)o1. The van der Waals surface area contributed by atoms with E-state index in [2.05, 4.69) is 20.8 Å². The summed E-state index contributed by atoms with van der Waals surface area (Å²) in [5.74, 6) is -0.787. The maximum atomic E-state index is 12.1. The number of rotatable bonds is 6. The van der Waals surface area contributed by atoms with Crippen LogP contribution in [0.15, 0.2) is 61.9 Å². The van der Waals surface area contributed by atoms with E-state index in [1.807, 2.05) is 18.2 Å². The van der Waals surface area contributed by atoms with E-state index in [9.17, 15) is 15.2 Å². The highest BCUT2D eigenvalue weighted by atomic mass is 32.1. The number of hydrogen-bond acceptors (Lipinski definition) is 10. The van der Waals surface area contributed by atoms with E-state index in [1.54, 1.807) is 17.5 Å². The van der Waals surface area contributed by atoms with Gasteiger partial charge in [-0.25, -0.2) is 4.98 Å². The summed E-state index contributed by atoms with van der Waals surface area (Å²) < 4.78 is 11.1. The lowest BCUT2D eigenvalue weighted by atomic mass is 10.3.